The van der Waals surface area contributed by atoms with Crippen molar-refractivity contribution in [1.29, 1.82) is 0 Å². The molecule has 5 nitrogen and oxygen atoms in total. The highest BCUT2D eigenvalue weighted by Crippen LogP contribution is 2.53. The van der Waals surface area contributed by atoms with E-state index in [0.717, 1.165) is 72.0 Å². The van der Waals surface area contributed by atoms with E-state index >= 15 is 0 Å². The Labute approximate surface area is 411 Å². The molecule has 10 aromatic carbocycles. The van der Waals surface area contributed by atoms with Crippen molar-refractivity contribution >= 4 is 43.6 Å². The van der Waals surface area contributed by atoms with Crippen LogP contribution in [0.4, 0.5) is 0 Å². The third kappa shape index (κ3) is 6.43. The van der Waals surface area contributed by atoms with E-state index in [1.54, 1.807) is 0 Å². The Bertz CT molecular complexity index is 4150. The Morgan fingerprint density at radius 2 is 0.845 bits per heavy atom. The Hall–Kier alpha value is -9.19. The number of para-hydroxylation sites is 1. The summed E-state index contributed by atoms with van der Waals surface area (Å²) in [5.41, 5.74) is 19.5. The lowest BCUT2D eigenvalue weighted by atomic mass is 9.82. The van der Waals surface area contributed by atoms with Crippen LogP contribution in [0.2, 0.25) is 0 Å². The second kappa shape index (κ2) is 15.9. The molecule has 0 spiro atoms. The smallest absolute Gasteiger partial charge is 0.238 e. The minimum atomic E-state index is -0.127. The third-order valence-corrected chi connectivity index (χ3v) is 14.8. The first-order valence-corrected chi connectivity index (χ1v) is 24.4. The van der Waals surface area contributed by atoms with E-state index in [1.165, 1.54) is 44.1 Å². The van der Waals surface area contributed by atoms with Crippen molar-refractivity contribution in [3.8, 4) is 78.9 Å². The zero-order valence-electron chi connectivity index (χ0n) is 39.3. The van der Waals surface area contributed by atoms with Gasteiger partial charge in [0.05, 0.1) is 22.1 Å². The van der Waals surface area contributed by atoms with Crippen molar-refractivity contribution < 1.29 is 0 Å². The van der Waals surface area contributed by atoms with E-state index in [2.05, 4.69) is 223 Å². The van der Waals surface area contributed by atoms with Gasteiger partial charge in [-0.15, -0.1) is 0 Å². The number of hydrogen-bond acceptors (Lipinski definition) is 3. The van der Waals surface area contributed by atoms with Crippen molar-refractivity contribution in [2.75, 3.05) is 0 Å². The van der Waals surface area contributed by atoms with Crippen LogP contribution in [-0.2, 0) is 5.41 Å². The molecule has 0 amide bonds. The van der Waals surface area contributed by atoms with Gasteiger partial charge in [0.2, 0.25) is 5.95 Å². The number of rotatable bonds is 7. The lowest BCUT2D eigenvalue weighted by Gasteiger charge is -2.21. The molecule has 0 radical (unpaired) electrons. The summed E-state index contributed by atoms with van der Waals surface area (Å²) in [6.45, 7) is 4.73. The first-order valence-electron chi connectivity index (χ1n) is 24.4. The van der Waals surface area contributed by atoms with Crippen molar-refractivity contribution in [3.05, 3.63) is 248 Å². The predicted octanol–water partition coefficient (Wildman–Crippen LogP) is 16.7. The van der Waals surface area contributed by atoms with Crippen LogP contribution in [0.15, 0.2) is 237 Å². The van der Waals surface area contributed by atoms with Crippen LogP contribution in [0.1, 0.15) is 25.0 Å². The van der Waals surface area contributed by atoms with Crippen LogP contribution in [0, 0.1) is 0 Å². The first-order chi connectivity index (χ1) is 35.0. The lowest BCUT2D eigenvalue weighted by Crippen LogP contribution is -2.14. The van der Waals surface area contributed by atoms with E-state index in [9.17, 15) is 0 Å². The van der Waals surface area contributed by atoms with Gasteiger partial charge in [-0.25, -0.2) is 4.98 Å². The standard InChI is InChI=1S/C66H45N5/c1-66(2)55-31-19-18-30-50(55)60-56(66)34-37-59-61(60)54-39-47(33-36-58(54)70(59)49-28-16-7-17-29-49)46-32-35-57-52(38-46)53-41-48(42-20-8-3-9-21-42)40-51(43-22-10-4-11-23-43)62(53)71(57)65-68-63(44-24-12-5-13-25-44)67-64(69-65)45-26-14-6-15-27-45/h3-41H,1-2H3. The van der Waals surface area contributed by atoms with Crippen molar-refractivity contribution in [1.82, 2.24) is 24.1 Å². The fourth-order valence-electron chi connectivity index (χ4n) is 11.4. The summed E-state index contributed by atoms with van der Waals surface area (Å²) in [7, 11) is 0. The number of aromatic nitrogens is 5. The number of hydrogen-bond donors (Lipinski definition) is 0. The lowest BCUT2D eigenvalue weighted by molar-refractivity contribution is 0.661. The maximum absolute atomic E-state index is 5.35. The van der Waals surface area contributed by atoms with Gasteiger partial charge in [-0.05, 0) is 105 Å². The van der Waals surface area contributed by atoms with Gasteiger partial charge >= 0.3 is 0 Å². The molecule has 14 rings (SSSR count). The van der Waals surface area contributed by atoms with Crippen LogP contribution >= 0.6 is 0 Å². The van der Waals surface area contributed by atoms with E-state index < -0.39 is 0 Å². The minimum absolute atomic E-state index is 0.127. The van der Waals surface area contributed by atoms with Crippen molar-refractivity contribution in [3.63, 3.8) is 0 Å². The molecule has 334 valence electrons. The third-order valence-electron chi connectivity index (χ3n) is 14.8. The van der Waals surface area contributed by atoms with Gasteiger partial charge in [0.15, 0.2) is 11.6 Å². The number of benzene rings is 10. The molecule has 0 saturated heterocycles. The highest BCUT2D eigenvalue weighted by atomic mass is 15.2. The van der Waals surface area contributed by atoms with Crippen LogP contribution in [0.25, 0.3) is 123 Å². The monoisotopic (exact) mass is 907 g/mol. The average molecular weight is 908 g/mol. The topological polar surface area (TPSA) is 48.5 Å². The van der Waals surface area contributed by atoms with Gasteiger partial charge < -0.3 is 4.57 Å². The SMILES string of the molecule is CC1(C)c2ccccc2-c2c1ccc1c2c2cc(-c3ccc4c(c3)c3cc(-c5ccccc5)cc(-c5ccccc5)c3n4-c3nc(-c4ccccc4)nc(-c4ccccc4)n3)ccc2n1-c1ccccc1. The highest BCUT2D eigenvalue weighted by Gasteiger charge is 2.37. The van der Waals surface area contributed by atoms with Gasteiger partial charge in [0.1, 0.15) is 0 Å². The first kappa shape index (κ1) is 40.8. The molecule has 13 aromatic rings. The predicted molar refractivity (Wildman–Crippen MR) is 293 cm³/mol. The summed E-state index contributed by atoms with van der Waals surface area (Å²) in [6, 6.07) is 85.0. The molecule has 0 fully saturated rings. The Morgan fingerprint density at radius 1 is 0.338 bits per heavy atom. The molecule has 0 N–H and O–H groups in total. The van der Waals surface area contributed by atoms with E-state index in [4.69, 9.17) is 15.0 Å². The van der Waals surface area contributed by atoms with Gasteiger partial charge in [-0.2, -0.15) is 9.97 Å². The molecule has 5 heteroatoms. The van der Waals surface area contributed by atoms with Crippen LogP contribution in [0.3, 0.4) is 0 Å². The fraction of sp³-hybridized carbons (Fsp3) is 0.0455. The van der Waals surface area contributed by atoms with Crippen LogP contribution in [-0.4, -0.2) is 24.1 Å². The van der Waals surface area contributed by atoms with Crippen molar-refractivity contribution in [2.45, 2.75) is 19.3 Å². The molecular weight excluding hydrogens is 863 g/mol. The van der Waals surface area contributed by atoms with E-state index in [1.807, 2.05) is 36.4 Å². The maximum atomic E-state index is 5.35. The molecule has 0 bridgehead atoms. The number of nitrogens with zero attached hydrogens (tertiary/aromatic N) is 5. The Kier molecular flexibility index (Phi) is 9.17. The summed E-state index contributed by atoms with van der Waals surface area (Å²) in [6.07, 6.45) is 0. The molecule has 0 saturated carbocycles. The van der Waals surface area contributed by atoms with Gasteiger partial charge in [0, 0.05) is 49.3 Å². The Balaban J connectivity index is 1.07. The largest absolute Gasteiger partial charge is 0.309 e. The molecule has 1 aliphatic rings. The Morgan fingerprint density at radius 3 is 1.48 bits per heavy atom. The molecule has 3 heterocycles. The van der Waals surface area contributed by atoms with Crippen molar-refractivity contribution in [2.24, 2.45) is 0 Å². The minimum Gasteiger partial charge on any atom is -0.309 e. The van der Waals surface area contributed by atoms with E-state index in [0.29, 0.717) is 17.6 Å². The maximum Gasteiger partial charge on any atom is 0.238 e. The van der Waals surface area contributed by atoms with Crippen LogP contribution in [0.5, 0.6) is 0 Å². The second-order valence-electron chi connectivity index (χ2n) is 19.2. The molecule has 71 heavy (non-hydrogen) atoms. The summed E-state index contributed by atoms with van der Waals surface area (Å²) in [5.74, 6) is 1.79. The zero-order valence-corrected chi connectivity index (χ0v) is 39.3. The highest BCUT2D eigenvalue weighted by molar-refractivity contribution is 6.19. The molecule has 3 aromatic heterocycles. The molecule has 0 unspecified atom stereocenters. The summed E-state index contributed by atoms with van der Waals surface area (Å²) in [5, 5.41) is 4.75. The van der Waals surface area contributed by atoms with Gasteiger partial charge in [-0.3, -0.25) is 4.57 Å². The van der Waals surface area contributed by atoms with Gasteiger partial charge in [0.25, 0.3) is 0 Å². The molecular formula is C66H45N5. The van der Waals surface area contributed by atoms with Gasteiger partial charge in [-0.1, -0.05) is 196 Å². The molecule has 0 atom stereocenters. The number of fused-ring (bicyclic) bond motifs is 10. The summed E-state index contributed by atoms with van der Waals surface area (Å²) in [4.78, 5) is 15.8. The van der Waals surface area contributed by atoms with Crippen LogP contribution < -0.4 is 0 Å². The summed E-state index contributed by atoms with van der Waals surface area (Å²) < 4.78 is 4.71. The average Bonchev–Trinajstić information content (AvgIpc) is 4.04. The summed E-state index contributed by atoms with van der Waals surface area (Å²) >= 11 is 0. The normalized spacial score (nSPS) is 12.8. The zero-order chi connectivity index (χ0) is 47.2. The van der Waals surface area contributed by atoms with E-state index in [-0.39, 0.29) is 5.41 Å². The second-order valence-corrected chi connectivity index (χ2v) is 19.2. The fourth-order valence-corrected chi connectivity index (χ4v) is 11.4. The molecule has 0 aliphatic heterocycles. The quantitative estimate of drug-likeness (QED) is 0.160. The molecule has 1 aliphatic carbocycles.